The van der Waals surface area contributed by atoms with Crippen molar-refractivity contribution < 1.29 is 5.11 Å². The molecule has 0 aliphatic heterocycles. The summed E-state index contributed by atoms with van der Waals surface area (Å²) in [5.74, 6) is 0.477. The number of nitrogens with zero attached hydrogens (tertiary/aromatic N) is 2. The van der Waals surface area contributed by atoms with Gasteiger partial charge in [-0.1, -0.05) is 11.6 Å². The minimum absolute atomic E-state index is 0.132. The summed E-state index contributed by atoms with van der Waals surface area (Å²) in [6.07, 6.45) is 1.58. The summed E-state index contributed by atoms with van der Waals surface area (Å²) in [4.78, 5) is 10.8. The molecule has 0 bridgehead atoms. The van der Waals surface area contributed by atoms with Crippen LogP contribution in [-0.2, 0) is 6.61 Å². The van der Waals surface area contributed by atoms with Crippen LogP contribution in [0.15, 0.2) is 12.3 Å². The molecular formula is C7H6ClN3O. The molecule has 5 heteroatoms. The Morgan fingerprint density at radius 1 is 1.58 bits per heavy atom. The molecule has 0 aliphatic rings. The maximum absolute atomic E-state index is 8.76. The largest absolute Gasteiger partial charge is 0.388 e. The van der Waals surface area contributed by atoms with Gasteiger partial charge in [0.05, 0.1) is 5.02 Å². The van der Waals surface area contributed by atoms with E-state index in [9.17, 15) is 0 Å². The highest BCUT2D eigenvalue weighted by Gasteiger charge is 2.04. The first-order valence-corrected chi connectivity index (χ1v) is 3.79. The van der Waals surface area contributed by atoms with Gasteiger partial charge in [-0.25, -0.2) is 9.97 Å². The molecule has 0 fully saturated rings. The zero-order chi connectivity index (χ0) is 8.55. The molecule has 0 saturated heterocycles. The van der Waals surface area contributed by atoms with Crippen molar-refractivity contribution in [1.29, 1.82) is 0 Å². The van der Waals surface area contributed by atoms with Crippen molar-refractivity contribution >= 4 is 22.8 Å². The second-order valence-corrected chi connectivity index (χ2v) is 2.74. The summed E-state index contributed by atoms with van der Waals surface area (Å²) in [6.45, 7) is -0.132. The van der Waals surface area contributed by atoms with Crippen LogP contribution in [0.25, 0.3) is 11.2 Å². The number of imidazole rings is 1. The molecule has 0 radical (unpaired) electrons. The first-order valence-electron chi connectivity index (χ1n) is 3.41. The van der Waals surface area contributed by atoms with E-state index in [1.54, 1.807) is 12.3 Å². The number of fused-ring (bicyclic) bond motifs is 1. The van der Waals surface area contributed by atoms with Gasteiger partial charge < -0.3 is 10.1 Å². The number of rotatable bonds is 1. The van der Waals surface area contributed by atoms with Gasteiger partial charge in [0, 0.05) is 6.20 Å². The standard InChI is InChI=1S/C7H6ClN3O/c8-4-1-2-9-7-6(4)10-5(3-12)11-7/h1-2,12H,3H2,(H,9,10,11). The summed E-state index contributed by atoms with van der Waals surface area (Å²) in [7, 11) is 0. The van der Waals surface area contributed by atoms with E-state index >= 15 is 0 Å². The second kappa shape index (κ2) is 2.73. The lowest BCUT2D eigenvalue weighted by Gasteiger charge is -1.88. The SMILES string of the molecule is OCc1nc2nccc(Cl)c2[nH]1. The van der Waals surface area contributed by atoms with E-state index in [4.69, 9.17) is 16.7 Å². The van der Waals surface area contributed by atoms with Gasteiger partial charge in [0.2, 0.25) is 0 Å². The van der Waals surface area contributed by atoms with E-state index in [2.05, 4.69) is 15.0 Å². The third-order valence-corrected chi connectivity index (χ3v) is 1.86. The molecule has 2 rings (SSSR count). The Hall–Kier alpha value is -1.13. The number of aliphatic hydroxyl groups excluding tert-OH is 1. The second-order valence-electron chi connectivity index (χ2n) is 2.33. The Morgan fingerprint density at radius 2 is 2.42 bits per heavy atom. The van der Waals surface area contributed by atoms with Crippen molar-refractivity contribution in [3.63, 3.8) is 0 Å². The molecule has 0 aliphatic carbocycles. The molecule has 0 unspecified atom stereocenters. The molecule has 2 aromatic heterocycles. The zero-order valence-corrected chi connectivity index (χ0v) is 6.84. The van der Waals surface area contributed by atoms with Gasteiger partial charge in [-0.05, 0) is 6.07 Å². The molecule has 4 nitrogen and oxygen atoms in total. The number of halogens is 1. The van der Waals surface area contributed by atoms with Crippen molar-refractivity contribution in [3.05, 3.63) is 23.1 Å². The minimum atomic E-state index is -0.132. The average Bonchev–Trinajstić information content (AvgIpc) is 2.49. The minimum Gasteiger partial charge on any atom is -0.388 e. The number of hydrogen-bond acceptors (Lipinski definition) is 3. The van der Waals surface area contributed by atoms with Crippen molar-refractivity contribution in [2.75, 3.05) is 0 Å². The molecule has 0 atom stereocenters. The highest BCUT2D eigenvalue weighted by Crippen LogP contribution is 2.18. The highest BCUT2D eigenvalue weighted by atomic mass is 35.5. The Bertz CT molecular complexity index is 412. The average molecular weight is 184 g/mol. The predicted octanol–water partition coefficient (Wildman–Crippen LogP) is 1.10. The molecule has 0 amide bonds. The van der Waals surface area contributed by atoms with E-state index in [0.29, 0.717) is 22.0 Å². The number of H-pyrrole nitrogens is 1. The molecule has 62 valence electrons. The van der Waals surface area contributed by atoms with Crippen molar-refractivity contribution in [3.8, 4) is 0 Å². The van der Waals surface area contributed by atoms with Crippen LogP contribution in [0.5, 0.6) is 0 Å². The number of pyridine rings is 1. The van der Waals surface area contributed by atoms with Crippen molar-refractivity contribution in [1.82, 2.24) is 15.0 Å². The van der Waals surface area contributed by atoms with Gasteiger partial charge in [0.25, 0.3) is 0 Å². The van der Waals surface area contributed by atoms with E-state index in [-0.39, 0.29) is 6.61 Å². The first kappa shape index (κ1) is 7.52. The van der Waals surface area contributed by atoms with Crippen molar-refractivity contribution in [2.24, 2.45) is 0 Å². The number of aromatic amines is 1. The third kappa shape index (κ3) is 1.05. The summed E-state index contributed by atoms with van der Waals surface area (Å²) >= 11 is 5.83. The normalized spacial score (nSPS) is 10.8. The van der Waals surface area contributed by atoms with Crippen LogP contribution in [0, 0.1) is 0 Å². The molecule has 2 heterocycles. The van der Waals surface area contributed by atoms with Gasteiger partial charge in [0.1, 0.15) is 17.9 Å². The van der Waals surface area contributed by atoms with Crippen LogP contribution in [-0.4, -0.2) is 20.1 Å². The topological polar surface area (TPSA) is 61.8 Å². The molecule has 12 heavy (non-hydrogen) atoms. The fourth-order valence-corrected chi connectivity index (χ4v) is 1.19. The Balaban J connectivity index is 2.74. The summed E-state index contributed by atoms with van der Waals surface area (Å²) in [5.41, 5.74) is 1.20. The van der Waals surface area contributed by atoms with Gasteiger partial charge in [-0.15, -0.1) is 0 Å². The van der Waals surface area contributed by atoms with Crippen molar-refractivity contribution in [2.45, 2.75) is 6.61 Å². The van der Waals surface area contributed by atoms with Gasteiger partial charge >= 0.3 is 0 Å². The van der Waals surface area contributed by atoms with Gasteiger partial charge in [0.15, 0.2) is 5.65 Å². The predicted molar refractivity (Wildman–Crippen MR) is 44.8 cm³/mol. The van der Waals surface area contributed by atoms with Crippen LogP contribution in [0.1, 0.15) is 5.82 Å². The molecule has 0 aromatic carbocycles. The number of aromatic nitrogens is 3. The van der Waals surface area contributed by atoms with Crippen LogP contribution < -0.4 is 0 Å². The van der Waals surface area contributed by atoms with E-state index in [1.165, 1.54) is 0 Å². The van der Waals surface area contributed by atoms with Crippen LogP contribution in [0.4, 0.5) is 0 Å². The maximum atomic E-state index is 8.76. The Morgan fingerprint density at radius 3 is 3.08 bits per heavy atom. The number of aliphatic hydroxyl groups is 1. The monoisotopic (exact) mass is 183 g/mol. The lowest BCUT2D eigenvalue weighted by Crippen LogP contribution is -1.83. The molecule has 2 N–H and O–H groups in total. The van der Waals surface area contributed by atoms with Crippen LogP contribution in [0.3, 0.4) is 0 Å². The number of hydrogen-bond donors (Lipinski definition) is 2. The van der Waals surface area contributed by atoms with Crippen LogP contribution >= 0.6 is 11.6 Å². The molecule has 0 spiro atoms. The third-order valence-electron chi connectivity index (χ3n) is 1.54. The fourth-order valence-electron chi connectivity index (χ4n) is 1.00. The molecule has 0 saturated carbocycles. The summed E-state index contributed by atoms with van der Waals surface area (Å²) in [5, 5.41) is 9.33. The zero-order valence-electron chi connectivity index (χ0n) is 6.08. The molecular weight excluding hydrogens is 178 g/mol. The van der Waals surface area contributed by atoms with E-state index < -0.39 is 0 Å². The smallest absolute Gasteiger partial charge is 0.179 e. The first-order chi connectivity index (χ1) is 5.81. The summed E-state index contributed by atoms with van der Waals surface area (Å²) < 4.78 is 0. The highest BCUT2D eigenvalue weighted by molar-refractivity contribution is 6.34. The maximum Gasteiger partial charge on any atom is 0.179 e. The van der Waals surface area contributed by atoms with Crippen LogP contribution in [0.2, 0.25) is 5.02 Å². The lowest BCUT2D eigenvalue weighted by molar-refractivity contribution is 0.273. The van der Waals surface area contributed by atoms with Gasteiger partial charge in [-0.3, -0.25) is 0 Å². The van der Waals surface area contributed by atoms with E-state index in [1.807, 2.05) is 0 Å². The quantitative estimate of drug-likeness (QED) is 0.696. The number of nitrogens with one attached hydrogen (secondary N) is 1. The molecule has 2 aromatic rings. The van der Waals surface area contributed by atoms with Gasteiger partial charge in [-0.2, -0.15) is 0 Å². The lowest BCUT2D eigenvalue weighted by atomic mass is 10.4. The van der Waals surface area contributed by atoms with E-state index in [0.717, 1.165) is 0 Å². The Labute approximate surface area is 73.2 Å². The summed E-state index contributed by atoms with van der Waals surface area (Å²) in [6, 6.07) is 1.67. The Kier molecular flexibility index (Phi) is 1.71. The fraction of sp³-hybridized carbons (Fsp3) is 0.143.